The Bertz CT molecular complexity index is 1420. The highest BCUT2D eigenvalue weighted by Gasteiger charge is 2.27. The third-order valence-electron chi connectivity index (χ3n) is 7.05. The predicted molar refractivity (Wildman–Crippen MR) is 162 cm³/mol. The van der Waals surface area contributed by atoms with Gasteiger partial charge in [0, 0.05) is 10.6 Å². The maximum Gasteiger partial charge on any atom is 0.268 e. The van der Waals surface area contributed by atoms with Gasteiger partial charge in [-0.2, -0.15) is 0 Å². The number of aryl methyl sites for hydroxylation is 1. The molecule has 0 aromatic heterocycles. The number of aliphatic imine (C=N–C) groups is 1. The van der Waals surface area contributed by atoms with Crippen LogP contribution in [0.4, 0.5) is 5.69 Å². The Balaban J connectivity index is 1.81. The van der Waals surface area contributed by atoms with Gasteiger partial charge in [-0.3, -0.25) is 4.79 Å². The molecule has 1 aliphatic rings. The zero-order valence-electron chi connectivity index (χ0n) is 23.1. The van der Waals surface area contributed by atoms with Gasteiger partial charge in [-0.25, -0.2) is 4.99 Å². The molecule has 6 heteroatoms. The summed E-state index contributed by atoms with van der Waals surface area (Å²) >= 11 is 6.23. The van der Waals surface area contributed by atoms with Crippen LogP contribution in [0.2, 0.25) is 5.02 Å². The molecule has 1 saturated carbocycles. The van der Waals surface area contributed by atoms with Gasteiger partial charge < -0.3 is 15.8 Å². The number of nitrogens with zero attached hydrogens (tertiary/aromatic N) is 1. The van der Waals surface area contributed by atoms with Gasteiger partial charge in [0.1, 0.15) is 11.4 Å². The van der Waals surface area contributed by atoms with Crippen LogP contribution < -0.4 is 15.8 Å². The Morgan fingerprint density at radius 1 is 1.03 bits per heavy atom. The van der Waals surface area contributed by atoms with Crippen molar-refractivity contribution in [2.75, 3.05) is 7.11 Å². The van der Waals surface area contributed by atoms with E-state index in [0.29, 0.717) is 11.4 Å². The minimum atomic E-state index is -0.597. The van der Waals surface area contributed by atoms with E-state index in [9.17, 15) is 4.79 Å². The monoisotopic (exact) mass is 541 g/mol. The number of carbonyl (C=O) groups excluding carboxylic acids is 1. The third-order valence-corrected chi connectivity index (χ3v) is 7.29. The third kappa shape index (κ3) is 6.98. The van der Waals surface area contributed by atoms with Crippen molar-refractivity contribution in [2.24, 2.45) is 10.7 Å². The van der Waals surface area contributed by atoms with Crippen molar-refractivity contribution in [1.82, 2.24) is 5.32 Å². The van der Waals surface area contributed by atoms with Crippen LogP contribution in [-0.2, 0) is 10.3 Å². The quantitative estimate of drug-likeness (QED) is 0.248. The molecule has 0 bridgehead atoms. The molecule has 1 amide bonds. The van der Waals surface area contributed by atoms with Crippen molar-refractivity contribution < 1.29 is 9.53 Å². The van der Waals surface area contributed by atoms with E-state index in [4.69, 9.17) is 27.1 Å². The first-order valence-corrected chi connectivity index (χ1v) is 13.6. The van der Waals surface area contributed by atoms with Gasteiger partial charge >= 0.3 is 0 Å². The maximum atomic E-state index is 13.6. The number of methoxy groups -OCH3 is 1. The van der Waals surface area contributed by atoms with Crippen LogP contribution in [0.1, 0.15) is 56.2 Å². The predicted octanol–water partition coefficient (Wildman–Crippen LogP) is 7.65. The molecule has 1 fully saturated rings. The van der Waals surface area contributed by atoms with Crippen LogP contribution in [0.5, 0.6) is 5.75 Å². The van der Waals surface area contributed by atoms with E-state index in [0.717, 1.165) is 64.2 Å². The topological polar surface area (TPSA) is 76.7 Å². The Kier molecular flexibility index (Phi) is 8.93. The number of hydrogen-bond donors (Lipinski definition) is 2. The number of rotatable bonds is 6. The molecule has 0 spiro atoms. The summed E-state index contributed by atoms with van der Waals surface area (Å²) in [5.41, 5.74) is 12.6. The van der Waals surface area contributed by atoms with E-state index in [1.54, 1.807) is 7.11 Å². The molecular weight excluding hydrogens is 506 g/mol. The average Bonchev–Trinajstić information content (AvgIpc) is 3.12. The van der Waals surface area contributed by atoms with Crippen molar-refractivity contribution >= 4 is 35.0 Å². The van der Waals surface area contributed by atoms with Crippen molar-refractivity contribution in [3.63, 3.8) is 0 Å². The first-order valence-electron chi connectivity index (χ1n) is 13.2. The van der Waals surface area contributed by atoms with Gasteiger partial charge in [0.05, 0.1) is 24.0 Å². The highest BCUT2D eigenvalue weighted by Crippen LogP contribution is 2.32. The number of hydrogen-bond acceptors (Lipinski definition) is 4. The van der Waals surface area contributed by atoms with Gasteiger partial charge in [0.25, 0.3) is 5.91 Å². The number of nitrogens with one attached hydrogen (secondary N) is 1. The molecule has 0 aliphatic heterocycles. The number of halogens is 1. The van der Waals surface area contributed by atoms with Gasteiger partial charge in [0.15, 0.2) is 0 Å². The second-order valence-electron chi connectivity index (χ2n) is 10.4. The molecule has 0 saturated heterocycles. The van der Waals surface area contributed by atoms with Crippen LogP contribution in [0.25, 0.3) is 6.08 Å². The standard InChI is InChI=1S/C33H36ClN3O2/c1-22-20-26(34)16-19-29(22)36-31-24(21-23-14-17-27(39-4)18-15-23)10-8-9-13-28(31)30(35)32(38)37-33(2,3)25-11-6-5-7-12-25/h5-7,11-12,14-21H,8-10,13,35H2,1-4H3,(H,37,38)/b24-21+,30-28-,36-31?. The molecule has 5 nitrogen and oxygen atoms in total. The molecule has 39 heavy (non-hydrogen) atoms. The summed E-state index contributed by atoms with van der Waals surface area (Å²) in [7, 11) is 1.65. The Hall–Kier alpha value is -3.83. The summed E-state index contributed by atoms with van der Waals surface area (Å²) in [4.78, 5) is 18.7. The molecule has 1 aliphatic carbocycles. The van der Waals surface area contributed by atoms with E-state index < -0.39 is 5.54 Å². The zero-order chi connectivity index (χ0) is 28.0. The maximum absolute atomic E-state index is 13.6. The lowest BCUT2D eigenvalue weighted by atomic mass is 9.93. The highest BCUT2D eigenvalue weighted by molar-refractivity contribution is 6.30. The zero-order valence-corrected chi connectivity index (χ0v) is 23.8. The Morgan fingerprint density at radius 2 is 1.72 bits per heavy atom. The van der Waals surface area contributed by atoms with Gasteiger partial charge in [-0.1, -0.05) is 54.1 Å². The molecular formula is C33H36ClN3O2. The second kappa shape index (κ2) is 12.4. The van der Waals surface area contributed by atoms with E-state index in [2.05, 4.69) is 11.4 Å². The van der Waals surface area contributed by atoms with Crippen molar-refractivity contribution in [3.8, 4) is 5.75 Å². The first kappa shape index (κ1) is 28.2. The van der Waals surface area contributed by atoms with Crippen LogP contribution >= 0.6 is 11.6 Å². The summed E-state index contributed by atoms with van der Waals surface area (Å²) in [5, 5.41) is 3.80. The number of allylic oxidation sites excluding steroid dienone is 2. The summed E-state index contributed by atoms with van der Waals surface area (Å²) in [6, 6.07) is 23.4. The molecule has 3 N–H and O–H groups in total. The number of nitrogens with two attached hydrogens (primary N) is 1. The number of ether oxygens (including phenoxy) is 1. The minimum Gasteiger partial charge on any atom is -0.497 e. The molecule has 0 radical (unpaired) electrons. The second-order valence-corrected chi connectivity index (χ2v) is 10.8. The van der Waals surface area contributed by atoms with E-state index in [1.165, 1.54) is 0 Å². The Morgan fingerprint density at radius 3 is 2.38 bits per heavy atom. The molecule has 3 aromatic rings. The molecule has 0 heterocycles. The van der Waals surface area contributed by atoms with Crippen molar-refractivity contribution in [1.29, 1.82) is 0 Å². The minimum absolute atomic E-state index is 0.201. The fourth-order valence-electron chi connectivity index (χ4n) is 4.77. The number of carbonyl (C=O) groups is 1. The molecule has 202 valence electrons. The lowest BCUT2D eigenvalue weighted by molar-refractivity contribution is -0.119. The summed E-state index contributed by atoms with van der Waals surface area (Å²) in [6.07, 6.45) is 5.49. The fraction of sp³-hybridized carbons (Fsp3) is 0.273. The first-order chi connectivity index (χ1) is 18.7. The normalized spacial score (nSPS) is 17.6. The van der Waals surface area contributed by atoms with Crippen molar-refractivity contribution in [3.05, 3.63) is 111 Å². The van der Waals surface area contributed by atoms with Crippen LogP contribution in [0, 0.1) is 6.92 Å². The van der Waals surface area contributed by atoms with E-state index >= 15 is 0 Å². The van der Waals surface area contributed by atoms with Crippen LogP contribution in [0.15, 0.2) is 94.6 Å². The number of amides is 1. The molecule has 4 rings (SSSR count). The highest BCUT2D eigenvalue weighted by atomic mass is 35.5. The SMILES string of the molecule is COc1ccc(/C=C2\CCCC/C(=C(/N)C(=O)NC(C)(C)c3ccccc3)C2=Nc2ccc(Cl)cc2C)cc1. The molecule has 0 unspecified atom stereocenters. The van der Waals surface area contributed by atoms with Crippen LogP contribution in [-0.4, -0.2) is 18.7 Å². The van der Waals surface area contributed by atoms with Gasteiger partial charge in [-0.05, 0) is 105 Å². The lowest BCUT2D eigenvalue weighted by Gasteiger charge is -2.27. The average molecular weight is 542 g/mol. The lowest BCUT2D eigenvalue weighted by Crippen LogP contribution is -2.43. The summed E-state index contributed by atoms with van der Waals surface area (Å²) in [5.74, 6) is 0.497. The molecule has 0 atom stereocenters. The number of benzene rings is 3. The van der Waals surface area contributed by atoms with Gasteiger partial charge in [-0.15, -0.1) is 0 Å². The summed E-state index contributed by atoms with van der Waals surface area (Å²) < 4.78 is 5.33. The van der Waals surface area contributed by atoms with E-state index in [-0.39, 0.29) is 11.6 Å². The fourth-order valence-corrected chi connectivity index (χ4v) is 5.00. The smallest absolute Gasteiger partial charge is 0.268 e. The Labute approximate surface area is 236 Å². The van der Waals surface area contributed by atoms with Crippen LogP contribution in [0.3, 0.4) is 0 Å². The van der Waals surface area contributed by atoms with Gasteiger partial charge in [0.2, 0.25) is 0 Å². The largest absolute Gasteiger partial charge is 0.497 e. The van der Waals surface area contributed by atoms with Crippen molar-refractivity contribution in [2.45, 2.75) is 52.0 Å². The van der Waals surface area contributed by atoms with E-state index in [1.807, 2.05) is 93.6 Å². The summed E-state index contributed by atoms with van der Waals surface area (Å²) in [6.45, 7) is 5.94. The molecule has 3 aromatic carbocycles.